The van der Waals surface area contributed by atoms with Crippen molar-refractivity contribution in [2.75, 3.05) is 46.9 Å². The van der Waals surface area contributed by atoms with E-state index in [1.54, 1.807) is 0 Å². The van der Waals surface area contributed by atoms with Crippen LogP contribution in [0.25, 0.3) is 0 Å². The lowest BCUT2D eigenvalue weighted by Crippen LogP contribution is -2.52. The van der Waals surface area contributed by atoms with E-state index in [1.807, 2.05) is 0 Å². The number of hydrogen-bond donors (Lipinski definition) is 1. The maximum absolute atomic E-state index is 6.07. The summed E-state index contributed by atoms with van der Waals surface area (Å²) >= 11 is 0. The Morgan fingerprint density at radius 2 is 2.17 bits per heavy atom. The quantitative estimate of drug-likeness (QED) is 0.788. The number of likely N-dealkylation sites (N-methyl/N-ethyl adjacent to an activating group) is 1. The van der Waals surface area contributed by atoms with Gasteiger partial charge < -0.3 is 15.4 Å². The molecule has 0 amide bonds. The number of nitrogens with two attached hydrogens (primary N) is 1. The van der Waals surface area contributed by atoms with Gasteiger partial charge in [-0.3, -0.25) is 4.90 Å². The summed E-state index contributed by atoms with van der Waals surface area (Å²) in [6.07, 6.45) is 5.13. The van der Waals surface area contributed by atoms with E-state index in [-0.39, 0.29) is 0 Å². The van der Waals surface area contributed by atoms with Crippen LogP contribution in [0, 0.1) is 5.92 Å². The van der Waals surface area contributed by atoms with Crippen LogP contribution >= 0.6 is 0 Å². The van der Waals surface area contributed by atoms with Crippen molar-refractivity contribution in [1.82, 2.24) is 9.80 Å². The third kappa shape index (κ3) is 3.44. The van der Waals surface area contributed by atoms with E-state index in [9.17, 15) is 0 Å². The van der Waals surface area contributed by atoms with Gasteiger partial charge >= 0.3 is 0 Å². The van der Waals surface area contributed by atoms with Crippen LogP contribution in [0.15, 0.2) is 0 Å². The van der Waals surface area contributed by atoms with Crippen LogP contribution < -0.4 is 5.73 Å². The Kier molecular flexibility index (Phi) is 5.42. The fraction of sp³-hybridized carbons (Fsp3) is 1.00. The van der Waals surface area contributed by atoms with E-state index in [4.69, 9.17) is 10.5 Å². The highest BCUT2D eigenvalue weighted by Gasteiger charge is 2.35. The molecule has 3 atom stereocenters. The summed E-state index contributed by atoms with van der Waals surface area (Å²) in [5, 5.41) is 0. The zero-order valence-electron chi connectivity index (χ0n) is 12.0. The van der Waals surface area contributed by atoms with Gasteiger partial charge in [0, 0.05) is 31.8 Å². The molecule has 2 heterocycles. The molecule has 18 heavy (non-hydrogen) atoms. The first-order valence-corrected chi connectivity index (χ1v) is 7.40. The van der Waals surface area contributed by atoms with E-state index in [0.29, 0.717) is 18.0 Å². The Labute approximate surface area is 111 Å². The normalized spacial score (nSPS) is 32.0. The van der Waals surface area contributed by atoms with E-state index in [0.717, 1.165) is 26.3 Å². The molecule has 0 aromatic rings. The minimum atomic E-state index is 0.526. The zero-order chi connectivity index (χ0) is 13.0. The van der Waals surface area contributed by atoms with Gasteiger partial charge in [0.1, 0.15) is 0 Å². The van der Waals surface area contributed by atoms with Crippen molar-refractivity contribution in [1.29, 1.82) is 0 Å². The maximum Gasteiger partial charge on any atom is 0.0509 e. The highest BCUT2D eigenvalue weighted by molar-refractivity contribution is 4.90. The molecule has 4 heteroatoms. The summed E-state index contributed by atoms with van der Waals surface area (Å²) in [6, 6.07) is 1.22. The van der Waals surface area contributed by atoms with Crippen LogP contribution in [0.3, 0.4) is 0 Å². The first kappa shape index (κ1) is 14.3. The summed E-state index contributed by atoms with van der Waals surface area (Å²) in [4.78, 5) is 4.97. The van der Waals surface area contributed by atoms with Gasteiger partial charge in [-0.05, 0) is 52.2 Å². The van der Waals surface area contributed by atoms with Gasteiger partial charge in [-0.15, -0.1) is 0 Å². The molecule has 2 saturated heterocycles. The molecule has 0 aromatic heterocycles. The second kappa shape index (κ2) is 6.85. The van der Waals surface area contributed by atoms with E-state index in [2.05, 4.69) is 23.9 Å². The molecule has 0 saturated carbocycles. The predicted octanol–water partition coefficient (Wildman–Crippen LogP) is 0.766. The van der Waals surface area contributed by atoms with Crippen molar-refractivity contribution < 1.29 is 4.74 Å². The number of likely N-dealkylation sites (tertiary alicyclic amines) is 1. The van der Waals surface area contributed by atoms with Gasteiger partial charge in [0.15, 0.2) is 0 Å². The van der Waals surface area contributed by atoms with E-state index in [1.165, 1.54) is 32.2 Å². The molecule has 0 aliphatic carbocycles. The molecule has 2 fully saturated rings. The summed E-state index contributed by atoms with van der Waals surface area (Å²) < 4.78 is 5.65. The van der Waals surface area contributed by atoms with Crippen LogP contribution in [0.1, 0.15) is 25.7 Å². The van der Waals surface area contributed by atoms with Gasteiger partial charge in [0.25, 0.3) is 0 Å². The number of ether oxygens (including phenoxy) is 1. The average molecular weight is 255 g/mol. The Bertz CT molecular complexity index is 241. The summed E-state index contributed by atoms with van der Waals surface area (Å²) in [5.74, 6) is 0.645. The zero-order valence-corrected chi connectivity index (χ0v) is 12.0. The predicted molar refractivity (Wildman–Crippen MR) is 74.7 cm³/mol. The molecule has 2 aliphatic heterocycles. The van der Waals surface area contributed by atoms with Crippen LogP contribution in [0.2, 0.25) is 0 Å². The molecule has 2 rings (SSSR count). The molecule has 2 aliphatic rings. The molecule has 3 unspecified atom stereocenters. The van der Waals surface area contributed by atoms with Crippen molar-refractivity contribution in [3.05, 3.63) is 0 Å². The smallest absolute Gasteiger partial charge is 0.0509 e. The molecule has 0 aromatic carbocycles. The third-order valence-electron chi connectivity index (χ3n) is 4.41. The highest BCUT2D eigenvalue weighted by Crippen LogP contribution is 2.27. The molecular formula is C14H29N3O. The maximum atomic E-state index is 6.07. The second-order valence-electron chi connectivity index (χ2n) is 6.08. The van der Waals surface area contributed by atoms with E-state index >= 15 is 0 Å². The van der Waals surface area contributed by atoms with Crippen LogP contribution in [0.4, 0.5) is 0 Å². The summed E-state index contributed by atoms with van der Waals surface area (Å²) in [6.45, 7) is 5.00. The Morgan fingerprint density at radius 1 is 1.33 bits per heavy atom. The van der Waals surface area contributed by atoms with Gasteiger partial charge in [0.2, 0.25) is 0 Å². The fourth-order valence-electron chi connectivity index (χ4n) is 3.58. The topological polar surface area (TPSA) is 41.7 Å². The van der Waals surface area contributed by atoms with Crippen molar-refractivity contribution in [2.45, 2.75) is 37.8 Å². The molecule has 4 nitrogen and oxygen atoms in total. The number of nitrogens with zero attached hydrogens (tertiary/aromatic N) is 2. The summed E-state index contributed by atoms with van der Waals surface area (Å²) in [5.41, 5.74) is 6.07. The van der Waals surface area contributed by atoms with Gasteiger partial charge in [-0.1, -0.05) is 0 Å². The van der Waals surface area contributed by atoms with Crippen LogP contribution in [-0.2, 0) is 4.74 Å². The highest BCUT2D eigenvalue weighted by atomic mass is 16.5. The third-order valence-corrected chi connectivity index (χ3v) is 4.41. The number of hydrogen-bond acceptors (Lipinski definition) is 4. The van der Waals surface area contributed by atoms with Crippen molar-refractivity contribution in [3.63, 3.8) is 0 Å². The molecule has 0 bridgehead atoms. The molecule has 0 spiro atoms. The lowest BCUT2D eigenvalue weighted by molar-refractivity contribution is 0.00550. The Balaban J connectivity index is 1.96. The van der Waals surface area contributed by atoms with Gasteiger partial charge in [0.05, 0.1) is 6.61 Å². The fourth-order valence-corrected chi connectivity index (χ4v) is 3.58. The first-order valence-electron chi connectivity index (χ1n) is 7.40. The van der Waals surface area contributed by atoms with Crippen molar-refractivity contribution >= 4 is 0 Å². The second-order valence-corrected chi connectivity index (χ2v) is 6.08. The number of rotatable bonds is 5. The van der Waals surface area contributed by atoms with Gasteiger partial charge in [-0.25, -0.2) is 0 Å². The Morgan fingerprint density at radius 3 is 2.78 bits per heavy atom. The van der Waals surface area contributed by atoms with Crippen molar-refractivity contribution in [3.8, 4) is 0 Å². The van der Waals surface area contributed by atoms with Crippen LogP contribution in [0.5, 0.6) is 0 Å². The van der Waals surface area contributed by atoms with Gasteiger partial charge in [-0.2, -0.15) is 0 Å². The first-order chi connectivity index (χ1) is 8.72. The Hall–Kier alpha value is -0.160. The molecule has 2 N–H and O–H groups in total. The molecule has 0 radical (unpaired) electrons. The summed E-state index contributed by atoms with van der Waals surface area (Å²) in [7, 11) is 4.33. The lowest BCUT2D eigenvalue weighted by atomic mass is 9.92. The van der Waals surface area contributed by atoms with E-state index < -0.39 is 0 Å². The SMILES string of the molecule is CN(C)CC1CCCN1C(CN)C1CCCOC1. The van der Waals surface area contributed by atoms with Crippen LogP contribution in [-0.4, -0.2) is 68.8 Å². The molecule has 106 valence electrons. The average Bonchev–Trinajstić information content (AvgIpc) is 2.79. The minimum absolute atomic E-state index is 0.526. The van der Waals surface area contributed by atoms with Crippen molar-refractivity contribution in [2.24, 2.45) is 11.7 Å². The molecular weight excluding hydrogens is 226 g/mol. The standard InChI is InChI=1S/C14H29N3O/c1-16(2)10-13-6-3-7-17(13)14(9-15)12-5-4-8-18-11-12/h12-14H,3-11,15H2,1-2H3. The minimum Gasteiger partial charge on any atom is -0.381 e. The lowest BCUT2D eigenvalue weighted by Gasteiger charge is -2.39. The monoisotopic (exact) mass is 255 g/mol. The largest absolute Gasteiger partial charge is 0.381 e.